The molecule has 1 aromatic heterocycles. The molecule has 1 aliphatic heterocycles. The highest BCUT2D eigenvalue weighted by atomic mass is 16.6. The minimum atomic E-state index is -0.371. The van der Waals surface area contributed by atoms with Gasteiger partial charge in [0.15, 0.2) is 0 Å². The zero-order valence-corrected chi connectivity index (χ0v) is 12.5. The number of hydrogen-bond acceptors (Lipinski definition) is 6. The van der Waals surface area contributed by atoms with Gasteiger partial charge in [0, 0.05) is 33.4 Å². The summed E-state index contributed by atoms with van der Waals surface area (Å²) >= 11 is 0. The number of nitro groups is 1. The molecule has 0 aliphatic carbocycles. The summed E-state index contributed by atoms with van der Waals surface area (Å²) in [6.45, 7) is 5.11. The molecule has 1 fully saturated rings. The smallest absolute Gasteiger partial charge is 0.276 e. The Morgan fingerprint density at radius 3 is 2.76 bits per heavy atom. The maximum atomic E-state index is 11.0. The van der Waals surface area contributed by atoms with Crippen molar-refractivity contribution >= 4 is 17.3 Å². The van der Waals surface area contributed by atoms with E-state index in [4.69, 9.17) is 4.74 Å². The fourth-order valence-electron chi connectivity index (χ4n) is 2.61. The van der Waals surface area contributed by atoms with Gasteiger partial charge >= 0.3 is 0 Å². The van der Waals surface area contributed by atoms with Gasteiger partial charge in [-0.3, -0.25) is 10.1 Å². The number of ether oxygens (including phenoxy) is 1. The normalized spacial score (nSPS) is 16.0. The summed E-state index contributed by atoms with van der Waals surface area (Å²) in [6, 6.07) is 3.03. The minimum absolute atomic E-state index is 0.0787. The molecule has 0 atom stereocenters. The van der Waals surface area contributed by atoms with E-state index in [2.05, 4.69) is 15.2 Å². The van der Waals surface area contributed by atoms with Gasteiger partial charge in [-0.2, -0.15) is 0 Å². The number of aromatic nitrogens is 1. The van der Waals surface area contributed by atoms with E-state index < -0.39 is 0 Å². The first kappa shape index (κ1) is 15.5. The quantitative estimate of drug-likeness (QED) is 0.640. The van der Waals surface area contributed by atoms with Crippen molar-refractivity contribution in [1.82, 2.24) is 4.98 Å². The highest BCUT2D eigenvalue weighted by molar-refractivity contribution is 5.56. The number of hydrogen-bond donors (Lipinski definition) is 1. The van der Waals surface area contributed by atoms with Crippen LogP contribution in [-0.4, -0.2) is 43.3 Å². The SMILES string of the molecule is CCNc1cc([N+](=O)[O-])cc(N2CCC(COC)CC2)n1. The second kappa shape index (κ2) is 7.21. The number of rotatable bonds is 6. The minimum Gasteiger partial charge on any atom is -0.384 e. The van der Waals surface area contributed by atoms with Gasteiger partial charge in [0.05, 0.1) is 17.1 Å². The molecule has 0 unspecified atom stereocenters. The van der Waals surface area contributed by atoms with E-state index in [0.29, 0.717) is 24.1 Å². The van der Waals surface area contributed by atoms with Gasteiger partial charge in [-0.15, -0.1) is 0 Å². The first-order valence-electron chi connectivity index (χ1n) is 7.28. The number of pyridine rings is 1. The lowest BCUT2D eigenvalue weighted by atomic mass is 9.98. The summed E-state index contributed by atoms with van der Waals surface area (Å²) in [7, 11) is 1.72. The Morgan fingerprint density at radius 2 is 2.19 bits per heavy atom. The predicted octanol–water partition coefficient (Wildman–Crippen LogP) is 2.28. The van der Waals surface area contributed by atoms with Crippen LogP contribution in [0.25, 0.3) is 0 Å². The van der Waals surface area contributed by atoms with Crippen molar-refractivity contribution in [3.05, 3.63) is 22.2 Å². The molecule has 0 radical (unpaired) electrons. The Labute approximate surface area is 124 Å². The molecule has 21 heavy (non-hydrogen) atoms. The molecule has 1 aromatic rings. The molecule has 2 rings (SSSR count). The monoisotopic (exact) mass is 294 g/mol. The third-order valence-corrected chi connectivity index (χ3v) is 3.71. The van der Waals surface area contributed by atoms with Crippen molar-refractivity contribution in [3.63, 3.8) is 0 Å². The summed E-state index contributed by atoms with van der Waals surface area (Å²) in [5.41, 5.74) is 0.0787. The second-order valence-corrected chi connectivity index (χ2v) is 5.24. The molecule has 0 aromatic carbocycles. The van der Waals surface area contributed by atoms with Crippen LogP contribution in [0.3, 0.4) is 0 Å². The molecule has 1 saturated heterocycles. The molecule has 0 saturated carbocycles. The average molecular weight is 294 g/mol. The van der Waals surface area contributed by atoms with Gasteiger partial charge < -0.3 is 15.0 Å². The molecule has 1 aliphatic rings. The third-order valence-electron chi connectivity index (χ3n) is 3.71. The molecular formula is C14H22N4O3. The average Bonchev–Trinajstić information content (AvgIpc) is 2.48. The zero-order chi connectivity index (χ0) is 15.2. The number of methoxy groups -OCH3 is 1. The molecule has 7 heteroatoms. The lowest BCUT2D eigenvalue weighted by molar-refractivity contribution is -0.384. The largest absolute Gasteiger partial charge is 0.384 e. The predicted molar refractivity (Wildman–Crippen MR) is 81.9 cm³/mol. The van der Waals surface area contributed by atoms with Crippen LogP contribution in [0.5, 0.6) is 0 Å². The standard InChI is InChI=1S/C14H22N4O3/c1-3-15-13-8-12(18(19)20)9-14(16-13)17-6-4-11(5-7-17)10-21-2/h8-9,11H,3-7,10H2,1-2H3,(H,15,16). The van der Waals surface area contributed by atoms with Crippen molar-refractivity contribution in [2.24, 2.45) is 5.92 Å². The topological polar surface area (TPSA) is 80.5 Å². The van der Waals surface area contributed by atoms with E-state index in [0.717, 1.165) is 32.5 Å². The van der Waals surface area contributed by atoms with Gasteiger partial charge in [-0.1, -0.05) is 0 Å². The van der Waals surface area contributed by atoms with E-state index in [1.54, 1.807) is 13.2 Å². The Kier molecular flexibility index (Phi) is 5.32. The van der Waals surface area contributed by atoms with Gasteiger partial charge in [-0.25, -0.2) is 4.98 Å². The molecule has 2 heterocycles. The number of nitrogens with one attached hydrogen (secondary N) is 1. The maximum Gasteiger partial charge on any atom is 0.276 e. The molecule has 0 spiro atoms. The Bertz CT molecular complexity index is 487. The van der Waals surface area contributed by atoms with Crippen LogP contribution in [0.1, 0.15) is 19.8 Å². The van der Waals surface area contributed by atoms with Crippen molar-refractivity contribution < 1.29 is 9.66 Å². The zero-order valence-electron chi connectivity index (χ0n) is 12.5. The first-order valence-corrected chi connectivity index (χ1v) is 7.28. The van der Waals surface area contributed by atoms with Crippen molar-refractivity contribution in [3.8, 4) is 0 Å². The number of piperidine rings is 1. The second-order valence-electron chi connectivity index (χ2n) is 5.24. The van der Waals surface area contributed by atoms with Gasteiger partial charge in [0.1, 0.15) is 11.6 Å². The van der Waals surface area contributed by atoms with Gasteiger partial charge in [0.2, 0.25) is 0 Å². The van der Waals surface area contributed by atoms with Gasteiger partial charge in [0.25, 0.3) is 5.69 Å². The van der Waals surface area contributed by atoms with Crippen LogP contribution in [0.2, 0.25) is 0 Å². The summed E-state index contributed by atoms with van der Waals surface area (Å²) in [5.74, 6) is 1.80. The maximum absolute atomic E-state index is 11.0. The molecular weight excluding hydrogens is 272 g/mol. The molecule has 1 N–H and O–H groups in total. The Hall–Kier alpha value is -1.89. The van der Waals surface area contributed by atoms with Crippen LogP contribution in [0, 0.1) is 16.0 Å². The fraction of sp³-hybridized carbons (Fsp3) is 0.643. The van der Waals surface area contributed by atoms with Crippen molar-refractivity contribution in [2.45, 2.75) is 19.8 Å². The fourth-order valence-corrected chi connectivity index (χ4v) is 2.61. The highest BCUT2D eigenvalue weighted by Crippen LogP contribution is 2.27. The van der Waals surface area contributed by atoms with Crippen LogP contribution in [-0.2, 0) is 4.74 Å². The van der Waals surface area contributed by atoms with Crippen LogP contribution in [0.4, 0.5) is 17.3 Å². The van der Waals surface area contributed by atoms with Crippen molar-refractivity contribution in [2.75, 3.05) is 43.6 Å². The van der Waals surface area contributed by atoms with E-state index >= 15 is 0 Å². The third kappa shape index (κ3) is 4.04. The van der Waals surface area contributed by atoms with E-state index in [9.17, 15) is 10.1 Å². The van der Waals surface area contributed by atoms with Gasteiger partial charge in [-0.05, 0) is 25.7 Å². The summed E-state index contributed by atoms with van der Waals surface area (Å²) in [5, 5.41) is 14.1. The summed E-state index contributed by atoms with van der Waals surface area (Å²) in [6.07, 6.45) is 2.05. The summed E-state index contributed by atoms with van der Waals surface area (Å²) < 4.78 is 5.19. The van der Waals surface area contributed by atoms with Crippen LogP contribution < -0.4 is 10.2 Å². The number of anilines is 2. The lowest BCUT2D eigenvalue weighted by Crippen LogP contribution is -2.35. The van der Waals surface area contributed by atoms with Crippen LogP contribution in [0.15, 0.2) is 12.1 Å². The molecule has 0 amide bonds. The Morgan fingerprint density at radius 1 is 1.48 bits per heavy atom. The summed E-state index contributed by atoms with van der Waals surface area (Å²) in [4.78, 5) is 17.3. The van der Waals surface area contributed by atoms with Crippen molar-refractivity contribution in [1.29, 1.82) is 0 Å². The first-order chi connectivity index (χ1) is 10.1. The van der Waals surface area contributed by atoms with E-state index in [-0.39, 0.29) is 10.6 Å². The van der Waals surface area contributed by atoms with E-state index in [1.165, 1.54) is 6.07 Å². The molecule has 7 nitrogen and oxygen atoms in total. The molecule has 116 valence electrons. The van der Waals surface area contributed by atoms with Crippen LogP contribution >= 0.6 is 0 Å². The Balaban J connectivity index is 2.13. The molecule has 0 bridgehead atoms. The highest BCUT2D eigenvalue weighted by Gasteiger charge is 2.22. The van der Waals surface area contributed by atoms with E-state index in [1.807, 2.05) is 6.92 Å². The number of nitrogens with zero attached hydrogens (tertiary/aromatic N) is 3. The lowest BCUT2D eigenvalue weighted by Gasteiger charge is -2.32.